The molecule has 0 aliphatic rings. The summed E-state index contributed by atoms with van der Waals surface area (Å²) < 4.78 is 0. The lowest BCUT2D eigenvalue weighted by molar-refractivity contribution is -0.117. The summed E-state index contributed by atoms with van der Waals surface area (Å²) in [5.41, 5.74) is 7.71. The second kappa shape index (κ2) is 5.09. The number of fused-ring (bicyclic) bond motifs is 1. The number of carbonyl (C=O) groups excluding carboxylic acids is 1. The molecule has 3 rings (SSSR count). The number of rotatable bonds is 3. The molecule has 0 atom stereocenters. The predicted molar refractivity (Wildman–Crippen MR) is 77.9 cm³/mol. The van der Waals surface area contributed by atoms with Crippen LogP contribution in [-0.4, -0.2) is 15.9 Å². The average Bonchev–Trinajstić information content (AvgIpc) is 2.47. The van der Waals surface area contributed by atoms with Crippen LogP contribution in [0.4, 0.5) is 0 Å². The standard InChI is InChI=1S/C16H13N3O/c17-15(20)10-14-12-8-4-5-9-13(12)18-16(19-14)11-6-2-1-3-7-11/h1-9H,10H2,(H2,17,20). The van der Waals surface area contributed by atoms with Crippen molar-refractivity contribution >= 4 is 16.8 Å². The Labute approximate surface area is 116 Å². The molecule has 0 fully saturated rings. The molecule has 98 valence electrons. The number of carbonyl (C=O) groups is 1. The fourth-order valence-corrected chi connectivity index (χ4v) is 2.16. The van der Waals surface area contributed by atoms with Crippen LogP contribution in [0.15, 0.2) is 54.6 Å². The molecular formula is C16H13N3O. The molecule has 1 amide bonds. The normalized spacial score (nSPS) is 10.6. The fourth-order valence-electron chi connectivity index (χ4n) is 2.16. The number of hydrogen-bond acceptors (Lipinski definition) is 3. The molecule has 2 aromatic carbocycles. The quantitative estimate of drug-likeness (QED) is 0.788. The largest absolute Gasteiger partial charge is 0.369 e. The highest BCUT2D eigenvalue weighted by atomic mass is 16.1. The number of hydrogen-bond donors (Lipinski definition) is 1. The van der Waals surface area contributed by atoms with Gasteiger partial charge in [0.1, 0.15) is 0 Å². The Kier molecular flexibility index (Phi) is 3.13. The van der Waals surface area contributed by atoms with Gasteiger partial charge in [-0.25, -0.2) is 9.97 Å². The van der Waals surface area contributed by atoms with Gasteiger partial charge in [0.25, 0.3) is 0 Å². The van der Waals surface area contributed by atoms with E-state index < -0.39 is 5.91 Å². The molecule has 4 nitrogen and oxygen atoms in total. The summed E-state index contributed by atoms with van der Waals surface area (Å²) in [4.78, 5) is 20.3. The maximum absolute atomic E-state index is 11.2. The third-order valence-electron chi connectivity index (χ3n) is 3.06. The number of amides is 1. The lowest BCUT2D eigenvalue weighted by Gasteiger charge is -2.07. The lowest BCUT2D eigenvalue weighted by atomic mass is 10.1. The SMILES string of the molecule is NC(=O)Cc1nc(-c2ccccc2)nc2ccccc12. The third kappa shape index (κ3) is 2.36. The van der Waals surface area contributed by atoms with Crippen LogP contribution in [0.2, 0.25) is 0 Å². The minimum absolute atomic E-state index is 0.114. The molecule has 20 heavy (non-hydrogen) atoms. The molecule has 0 bridgehead atoms. The summed E-state index contributed by atoms with van der Waals surface area (Å²) in [5.74, 6) is 0.216. The van der Waals surface area contributed by atoms with E-state index in [0.717, 1.165) is 16.5 Å². The topological polar surface area (TPSA) is 68.9 Å². The van der Waals surface area contributed by atoms with Crippen molar-refractivity contribution in [2.75, 3.05) is 0 Å². The van der Waals surface area contributed by atoms with Gasteiger partial charge in [-0.15, -0.1) is 0 Å². The van der Waals surface area contributed by atoms with Gasteiger partial charge < -0.3 is 5.73 Å². The molecule has 4 heteroatoms. The van der Waals surface area contributed by atoms with Gasteiger partial charge in [-0.1, -0.05) is 48.5 Å². The molecular weight excluding hydrogens is 250 g/mol. The van der Waals surface area contributed by atoms with Crippen molar-refractivity contribution in [3.63, 3.8) is 0 Å². The molecule has 2 N–H and O–H groups in total. The summed E-state index contributed by atoms with van der Waals surface area (Å²) in [6.07, 6.45) is 0.114. The molecule has 3 aromatic rings. The Bertz CT molecular complexity index is 769. The van der Waals surface area contributed by atoms with Crippen molar-refractivity contribution in [3.8, 4) is 11.4 Å². The first-order chi connectivity index (χ1) is 9.74. The second-order valence-electron chi connectivity index (χ2n) is 4.52. The Morgan fingerprint density at radius 1 is 0.950 bits per heavy atom. The second-order valence-corrected chi connectivity index (χ2v) is 4.52. The molecule has 0 radical (unpaired) electrons. The van der Waals surface area contributed by atoms with E-state index >= 15 is 0 Å². The molecule has 1 heterocycles. The van der Waals surface area contributed by atoms with E-state index in [-0.39, 0.29) is 6.42 Å². The summed E-state index contributed by atoms with van der Waals surface area (Å²) >= 11 is 0. The number of para-hydroxylation sites is 1. The van der Waals surface area contributed by atoms with Crippen LogP contribution >= 0.6 is 0 Å². The van der Waals surface area contributed by atoms with Gasteiger partial charge in [-0.05, 0) is 6.07 Å². The van der Waals surface area contributed by atoms with Crippen LogP contribution in [0, 0.1) is 0 Å². The molecule has 0 saturated carbocycles. The van der Waals surface area contributed by atoms with Gasteiger partial charge >= 0.3 is 0 Å². The zero-order chi connectivity index (χ0) is 13.9. The zero-order valence-electron chi connectivity index (χ0n) is 10.8. The Morgan fingerprint density at radius 3 is 2.40 bits per heavy atom. The van der Waals surface area contributed by atoms with Gasteiger partial charge in [0.15, 0.2) is 5.82 Å². The van der Waals surface area contributed by atoms with Crippen LogP contribution < -0.4 is 5.73 Å². The average molecular weight is 263 g/mol. The van der Waals surface area contributed by atoms with Crippen LogP contribution in [0.3, 0.4) is 0 Å². The van der Waals surface area contributed by atoms with E-state index in [1.54, 1.807) is 0 Å². The fraction of sp³-hybridized carbons (Fsp3) is 0.0625. The molecule has 1 aromatic heterocycles. The van der Waals surface area contributed by atoms with Crippen molar-refractivity contribution < 1.29 is 4.79 Å². The van der Waals surface area contributed by atoms with E-state index in [4.69, 9.17) is 5.73 Å². The first-order valence-electron chi connectivity index (χ1n) is 6.33. The predicted octanol–water partition coefficient (Wildman–Crippen LogP) is 2.32. The first kappa shape index (κ1) is 12.3. The number of nitrogens with zero attached hydrogens (tertiary/aromatic N) is 2. The van der Waals surface area contributed by atoms with Crippen molar-refractivity contribution in [2.24, 2.45) is 5.73 Å². The zero-order valence-corrected chi connectivity index (χ0v) is 10.8. The smallest absolute Gasteiger partial charge is 0.223 e. The van der Waals surface area contributed by atoms with E-state index in [9.17, 15) is 4.79 Å². The van der Waals surface area contributed by atoms with E-state index in [0.29, 0.717) is 11.5 Å². The van der Waals surface area contributed by atoms with Gasteiger partial charge in [0.2, 0.25) is 5.91 Å². The molecule has 0 aliphatic carbocycles. The van der Waals surface area contributed by atoms with Crippen molar-refractivity contribution in [2.45, 2.75) is 6.42 Å². The number of aromatic nitrogens is 2. The number of nitrogens with two attached hydrogens (primary N) is 1. The summed E-state index contributed by atoms with van der Waals surface area (Å²) in [6, 6.07) is 17.3. The highest BCUT2D eigenvalue weighted by Gasteiger charge is 2.10. The lowest BCUT2D eigenvalue weighted by Crippen LogP contribution is -2.15. The Morgan fingerprint density at radius 2 is 1.65 bits per heavy atom. The van der Waals surface area contributed by atoms with Gasteiger partial charge in [-0.3, -0.25) is 4.79 Å². The number of benzene rings is 2. The Hall–Kier alpha value is -2.75. The summed E-state index contributed by atoms with van der Waals surface area (Å²) in [6.45, 7) is 0. The monoisotopic (exact) mass is 263 g/mol. The summed E-state index contributed by atoms with van der Waals surface area (Å²) in [7, 11) is 0. The van der Waals surface area contributed by atoms with Crippen molar-refractivity contribution in [3.05, 3.63) is 60.3 Å². The van der Waals surface area contributed by atoms with Crippen LogP contribution in [0.5, 0.6) is 0 Å². The van der Waals surface area contributed by atoms with Crippen LogP contribution in [0.25, 0.3) is 22.3 Å². The maximum Gasteiger partial charge on any atom is 0.223 e. The highest BCUT2D eigenvalue weighted by molar-refractivity contribution is 5.87. The van der Waals surface area contributed by atoms with Crippen molar-refractivity contribution in [1.29, 1.82) is 0 Å². The van der Waals surface area contributed by atoms with Crippen molar-refractivity contribution in [1.82, 2.24) is 9.97 Å². The van der Waals surface area contributed by atoms with E-state index in [1.807, 2.05) is 54.6 Å². The maximum atomic E-state index is 11.2. The van der Waals surface area contributed by atoms with Gasteiger partial charge in [-0.2, -0.15) is 0 Å². The first-order valence-corrected chi connectivity index (χ1v) is 6.33. The van der Waals surface area contributed by atoms with Gasteiger partial charge in [0.05, 0.1) is 17.6 Å². The summed E-state index contributed by atoms with van der Waals surface area (Å²) in [5, 5.41) is 0.867. The highest BCUT2D eigenvalue weighted by Crippen LogP contribution is 2.21. The Balaban J connectivity index is 2.22. The van der Waals surface area contributed by atoms with Gasteiger partial charge in [0, 0.05) is 10.9 Å². The molecule has 0 spiro atoms. The molecule has 0 unspecified atom stereocenters. The third-order valence-corrected chi connectivity index (χ3v) is 3.06. The minimum Gasteiger partial charge on any atom is -0.369 e. The minimum atomic E-state index is -0.395. The van der Waals surface area contributed by atoms with E-state index in [2.05, 4.69) is 9.97 Å². The van der Waals surface area contributed by atoms with Crippen LogP contribution in [-0.2, 0) is 11.2 Å². The number of primary amides is 1. The molecule has 0 saturated heterocycles. The van der Waals surface area contributed by atoms with Crippen LogP contribution in [0.1, 0.15) is 5.69 Å². The molecule has 0 aliphatic heterocycles. The van der Waals surface area contributed by atoms with E-state index in [1.165, 1.54) is 0 Å².